The zero-order chi connectivity index (χ0) is 14.5. The number of nitrogens with two attached hydrogens (primary N) is 1. The largest absolute Gasteiger partial charge is 0.359 e. The van der Waals surface area contributed by atoms with Crippen LogP contribution >= 0.6 is 0 Å². The van der Waals surface area contributed by atoms with Crippen molar-refractivity contribution in [2.45, 2.75) is 31.7 Å². The number of rotatable bonds is 3. The highest BCUT2D eigenvalue weighted by Gasteiger charge is 2.29. The SMILES string of the molecule is CNC(=O)C1CCCN(C(=O)CN2CCC(N)CC2)C1. The Morgan fingerprint density at radius 2 is 1.90 bits per heavy atom. The molecule has 2 aliphatic rings. The molecule has 0 radical (unpaired) electrons. The molecular formula is C14H26N4O2. The van der Waals surface area contributed by atoms with Gasteiger partial charge >= 0.3 is 0 Å². The van der Waals surface area contributed by atoms with Crippen LogP contribution in [0.3, 0.4) is 0 Å². The van der Waals surface area contributed by atoms with Crippen molar-refractivity contribution in [1.29, 1.82) is 0 Å². The summed E-state index contributed by atoms with van der Waals surface area (Å²) in [4.78, 5) is 28.0. The van der Waals surface area contributed by atoms with E-state index in [4.69, 9.17) is 5.73 Å². The Bertz CT molecular complexity index is 353. The van der Waals surface area contributed by atoms with Crippen molar-refractivity contribution in [2.24, 2.45) is 11.7 Å². The molecule has 1 atom stereocenters. The lowest BCUT2D eigenvalue weighted by atomic mass is 9.97. The lowest BCUT2D eigenvalue weighted by Gasteiger charge is -2.35. The first-order valence-corrected chi connectivity index (χ1v) is 7.57. The summed E-state index contributed by atoms with van der Waals surface area (Å²) in [5, 5.41) is 2.68. The van der Waals surface area contributed by atoms with Gasteiger partial charge in [0.05, 0.1) is 12.5 Å². The summed E-state index contributed by atoms with van der Waals surface area (Å²) in [6.45, 7) is 3.61. The highest BCUT2D eigenvalue weighted by molar-refractivity contribution is 5.82. The van der Waals surface area contributed by atoms with E-state index in [-0.39, 0.29) is 23.8 Å². The molecule has 2 aliphatic heterocycles. The lowest BCUT2D eigenvalue weighted by Crippen LogP contribution is -2.49. The van der Waals surface area contributed by atoms with Gasteiger partial charge in [0.1, 0.15) is 0 Å². The molecule has 6 heteroatoms. The van der Waals surface area contributed by atoms with Crippen LogP contribution in [0.4, 0.5) is 0 Å². The smallest absolute Gasteiger partial charge is 0.236 e. The molecule has 0 aromatic rings. The number of likely N-dealkylation sites (tertiary alicyclic amines) is 2. The van der Waals surface area contributed by atoms with Crippen molar-refractivity contribution in [1.82, 2.24) is 15.1 Å². The third kappa shape index (κ3) is 3.93. The van der Waals surface area contributed by atoms with E-state index in [1.807, 2.05) is 4.90 Å². The van der Waals surface area contributed by atoms with E-state index in [1.165, 1.54) is 0 Å². The number of hydrogen-bond donors (Lipinski definition) is 2. The normalized spacial score (nSPS) is 25.5. The van der Waals surface area contributed by atoms with Crippen LogP contribution in [0.1, 0.15) is 25.7 Å². The molecule has 1 unspecified atom stereocenters. The Kier molecular flexibility index (Phi) is 5.37. The lowest BCUT2D eigenvalue weighted by molar-refractivity contribution is -0.136. The number of nitrogens with one attached hydrogen (secondary N) is 1. The Morgan fingerprint density at radius 1 is 1.20 bits per heavy atom. The first kappa shape index (κ1) is 15.3. The standard InChI is InChI=1S/C14H26N4O2/c1-16-14(20)11-3-2-6-18(9-11)13(19)10-17-7-4-12(15)5-8-17/h11-12H,2-10,15H2,1H3,(H,16,20). The number of piperidine rings is 2. The molecule has 0 bridgehead atoms. The maximum atomic E-state index is 12.3. The minimum absolute atomic E-state index is 0.0476. The third-order valence-electron chi connectivity index (χ3n) is 4.38. The van der Waals surface area contributed by atoms with Crippen LogP contribution in [0, 0.1) is 5.92 Å². The Labute approximate surface area is 120 Å². The van der Waals surface area contributed by atoms with Crippen LogP contribution in [0.2, 0.25) is 0 Å². The van der Waals surface area contributed by atoms with Crippen molar-refractivity contribution < 1.29 is 9.59 Å². The van der Waals surface area contributed by atoms with Gasteiger partial charge in [-0.25, -0.2) is 0 Å². The van der Waals surface area contributed by atoms with Crippen molar-refractivity contribution >= 4 is 11.8 Å². The highest BCUT2D eigenvalue weighted by Crippen LogP contribution is 2.17. The highest BCUT2D eigenvalue weighted by atomic mass is 16.2. The zero-order valence-electron chi connectivity index (χ0n) is 12.3. The molecule has 3 N–H and O–H groups in total. The van der Waals surface area contributed by atoms with Crippen LogP contribution in [0.5, 0.6) is 0 Å². The Morgan fingerprint density at radius 3 is 2.55 bits per heavy atom. The van der Waals surface area contributed by atoms with Crippen molar-refractivity contribution in [3.05, 3.63) is 0 Å². The van der Waals surface area contributed by atoms with E-state index in [2.05, 4.69) is 10.2 Å². The summed E-state index contributed by atoms with van der Waals surface area (Å²) in [6.07, 6.45) is 3.72. The first-order valence-electron chi connectivity index (χ1n) is 7.57. The van der Waals surface area contributed by atoms with E-state index in [0.29, 0.717) is 13.1 Å². The molecule has 0 aromatic carbocycles. The monoisotopic (exact) mass is 282 g/mol. The second-order valence-electron chi connectivity index (χ2n) is 5.91. The number of amides is 2. The molecule has 2 rings (SSSR count). The molecular weight excluding hydrogens is 256 g/mol. The fourth-order valence-corrected chi connectivity index (χ4v) is 3.02. The van der Waals surface area contributed by atoms with Crippen molar-refractivity contribution in [3.63, 3.8) is 0 Å². The predicted octanol–water partition coefficient (Wildman–Crippen LogP) is -0.606. The minimum atomic E-state index is -0.0486. The van der Waals surface area contributed by atoms with Gasteiger partial charge in [-0.3, -0.25) is 14.5 Å². The molecule has 0 spiro atoms. The maximum absolute atomic E-state index is 12.3. The van der Waals surface area contributed by atoms with E-state index in [9.17, 15) is 9.59 Å². The molecule has 0 saturated carbocycles. The van der Waals surface area contributed by atoms with Crippen LogP contribution in [0.25, 0.3) is 0 Å². The van der Waals surface area contributed by atoms with Gasteiger partial charge in [-0.1, -0.05) is 0 Å². The van der Waals surface area contributed by atoms with Gasteiger partial charge in [-0.15, -0.1) is 0 Å². The minimum Gasteiger partial charge on any atom is -0.359 e. The topological polar surface area (TPSA) is 78.7 Å². The average molecular weight is 282 g/mol. The third-order valence-corrected chi connectivity index (χ3v) is 4.38. The number of hydrogen-bond acceptors (Lipinski definition) is 4. The molecule has 0 aromatic heterocycles. The summed E-state index contributed by atoms with van der Waals surface area (Å²) in [5.74, 6) is 0.146. The van der Waals surface area contributed by atoms with Crippen LogP contribution < -0.4 is 11.1 Å². The van der Waals surface area contributed by atoms with Crippen LogP contribution in [-0.2, 0) is 9.59 Å². The fraction of sp³-hybridized carbons (Fsp3) is 0.857. The van der Waals surface area contributed by atoms with Gasteiger partial charge in [-0.05, 0) is 25.7 Å². The van der Waals surface area contributed by atoms with Crippen LogP contribution in [-0.4, -0.2) is 67.4 Å². The zero-order valence-corrected chi connectivity index (χ0v) is 12.3. The van der Waals surface area contributed by atoms with Gasteiger partial charge in [0.25, 0.3) is 0 Å². The van der Waals surface area contributed by atoms with E-state index in [1.54, 1.807) is 7.05 Å². The van der Waals surface area contributed by atoms with Gasteiger partial charge in [-0.2, -0.15) is 0 Å². The summed E-state index contributed by atoms with van der Waals surface area (Å²) in [5.41, 5.74) is 5.87. The Balaban J connectivity index is 1.81. The predicted molar refractivity (Wildman–Crippen MR) is 77.0 cm³/mol. The summed E-state index contributed by atoms with van der Waals surface area (Å²) >= 11 is 0. The molecule has 0 aliphatic carbocycles. The quantitative estimate of drug-likeness (QED) is 0.724. The van der Waals surface area contributed by atoms with Gasteiger partial charge in [0.2, 0.25) is 11.8 Å². The number of carbonyl (C=O) groups is 2. The molecule has 2 fully saturated rings. The summed E-state index contributed by atoms with van der Waals surface area (Å²) < 4.78 is 0. The number of carbonyl (C=O) groups excluding carboxylic acids is 2. The van der Waals surface area contributed by atoms with Gasteiger partial charge in [0, 0.05) is 39.3 Å². The molecule has 2 amide bonds. The number of nitrogens with zero attached hydrogens (tertiary/aromatic N) is 2. The van der Waals surface area contributed by atoms with E-state index >= 15 is 0 Å². The summed E-state index contributed by atoms with van der Waals surface area (Å²) in [7, 11) is 1.65. The summed E-state index contributed by atoms with van der Waals surface area (Å²) in [6, 6.07) is 0.286. The Hall–Kier alpha value is -1.14. The van der Waals surface area contributed by atoms with Crippen molar-refractivity contribution in [2.75, 3.05) is 39.8 Å². The first-order chi connectivity index (χ1) is 9.60. The second kappa shape index (κ2) is 7.04. The van der Waals surface area contributed by atoms with Gasteiger partial charge in [0.15, 0.2) is 0 Å². The molecule has 2 heterocycles. The van der Waals surface area contributed by atoms with Crippen molar-refractivity contribution in [3.8, 4) is 0 Å². The molecule has 20 heavy (non-hydrogen) atoms. The molecule has 2 saturated heterocycles. The second-order valence-corrected chi connectivity index (χ2v) is 5.91. The fourth-order valence-electron chi connectivity index (χ4n) is 3.02. The molecule has 114 valence electrons. The van der Waals surface area contributed by atoms with E-state index in [0.717, 1.165) is 45.3 Å². The maximum Gasteiger partial charge on any atom is 0.236 e. The van der Waals surface area contributed by atoms with E-state index < -0.39 is 0 Å². The molecule has 6 nitrogen and oxygen atoms in total. The average Bonchev–Trinajstić information content (AvgIpc) is 2.49. The van der Waals surface area contributed by atoms with Gasteiger partial charge < -0.3 is 16.0 Å². The van der Waals surface area contributed by atoms with Crippen LogP contribution in [0.15, 0.2) is 0 Å².